The second kappa shape index (κ2) is 6.20. The molecule has 0 bridgehead atoms. The summed E-state index contributed by atoms with van der Waals surface area (Å²) in [6.45, 7) is 1.87. The van der Waals surface area contributed by atoms with Crippen molar-refractivity contribution in [2.75, 3.05) is 38.2 Å². The lowest BCUT2D eigenvalue weighted by atomic mass is 10.1. The Balaban J connectivity index is 2.02. The first-order valence-corrected chi connectivity index (χ1v) is 6.36. The molecule has 0 aliphatic rings. The highest BCUT2D eigenvalue weighted by atomic mass is 15.1. The quantitative estimate of drug-likeness (QED) is 0.806. The van der Waals surface area contributed by atoms with E-state index in [2.05, 4.69) is 35.4 Å². The topological polar surface area (TPSA) is 54.2 Å². The van der Waals surface area contributed by atoms with Crippen LogP contribution in [0.4, 0.5) is 11.5 Å². The van der Waals surface area contributed by atoms with Crippen molar-refractivity contribution in [2.24, 2.45) is 0 Å². The SMILES string of the molecule is CN(C)CCNc1ccc(-c2cccc(N)c2)cn1. The van der Waals surface area contributed by atoms with E-state index in [4.69, 9.17) is 5.73 Å². The molecule has 0 amide bonds. The third-order valence-electron chi connectivity index (χ3n) is 2.85. The van der Waals surface area contributed by atoms with Crippen molar-refractivity contribution in [3.8, 4) is 11.1 Å². The first-order valence-electron chi connectivity index (χ1n) is 6.36. The maximum Gasteiger partial charge on any atom is 0.125 e. The predicted molar refractivity (Wildman–Crippen MR) is 81.1 cm³/mol. The van der Waals surface area contributed by atoms with Crippen molar-refractivity contribution in [2.45, 2.75) is 0 Å². The van der Waals surface area contributed by atoms with Crippen molar-refractivity contribution in [1.82, 2.24) is 9.88 Å². The van der Waals surface area contributed by atoms with Crippen LogP contribution in [-0.4, -0.2) is 37.1 Å². The molecule has 1 aromatic carbocycles. The number of nitrogen functional groups attached to an aromatic ring is 1. The number of nitrogens with zero attached hydrogens (tertiary/aromatic N) is 2. The fourth-order valence-corrected chi connectivity index (χ4v) is 1.80. The summed E-state index contributed by atoms with van der Waals surface area (Å²) < 4.78 is 0. The highest BCUT2D eigenvalue weighted by molar-refractivity contribution is 5.67. The second-order valence-electron chi connectivity index (χ2n) is 4.79. The summed E-state index contributed by atoms with van der Waals surface area (Å²) in [5.74, 6) is 0.898. The van der Waals surface area contributed by atoms with Gasteiger partial charge in [0.1, 0.15) is 5.82 Å². The van der Waals surface area contributed by atoms with Crippen LogP contribution in [-0.2, 0) is 0 Å². The van der Waals surface area contributed by atoms with Crippen LogP contribution < -0.4 is 11.1 Å². The number of nitrogens with two attached hydrogens (primary N) is 1. The lowest BCUT2D eigenvalue weighted by Gasteiger charge is -2.11. The summed E-state index contributed by atoms with van der Waals surface area (Å²) in [6, 6.07) is 11.9. The van der Waals surface area contributed by atoms with Crippen molar-refractivity contribution in [3.63, 3.8) is 0 Å². The molecule has 0 aliphatic heterocycles. The molecule has 0 spiro atoms. The first-order chi connectivity index (χ1) is 9.15. The Kier molecular flexibility index (Phi) is 4.36. The lowest BCUT2D eigenvalue weighted by molar-refractivity contribution is 0.425. The van der Waals surface area contributed by atoms with Gasteiger partial charge in [0.25, 0.3) is 0 Å². The minimum Gasteiger partial charge on any atom is -0.399 e. The largest absolute Gasteiger partial charge is 0.399 e. The third kappa shape index (κ3) is 3.96. The van der Waals surface area contributed by atoms with Crippen LogP contribution in [0.2, 0.25) is 0 Å². The van der Waals surface area contributed by atoms with Gasteiger partial charge in [0.15, 0.2) is 0 Å². The van der Waals surface area contributed by atoms with Crippen LogP contribution in [0.15, 0.2) is 42.6 Å². The molecule has 100 valence electrons. The average molecular weight is 256 g/mol. The molecule has 0 unspecified atom stereocenters. The van der Waals surface area contributed by atoms with Gasteiger partial charge in [-0.25, -0.2) is 4.98 Å². The minimum atomic E-state index is 0.769. The molecule has 0 saturated heterocycles. The van der Waals surface area contributed by atoms with E-state index in [9.17, 15) is 0 Å². The standard InChI is InChI=1S/C15H20N4/c1-19(2)9-8-17-15-7-6-13(11-18-15)12-4-3-5-14(16)10-12/h3-7,10-11H,8-9,16H2,1-2H3,(H,17,18). The van der Waals surface area contributed by atoms with Crippen LogP contribution in [0, 0.1) is 0 Å². The van der Waals surface area contributed by atoms with Gasteiger partial charge in [-0.05, 0) is 43.9 Å². The van der Waals surface area contributed by atoms with E-state index < -0.39 is 0 Å². The highest BCUT2D eigenvalue weighted by Crippen LogP contribution is 2.21. The van der Waals surface area contributed by atoms with E-state index in [0.717, 1.165) is 35.7 Å². The molecule has 4 heteroatoms. The third-order valence-corrected chi connectivity index (χ3v) is 2.85. The van der Waals surface area contributed by atoms with Gasteiger partial charge in [0.05, 0.1) is 0 Å². The number of likely N-dealkylation sites (N-methyl/N-ethyl adjacent to an activating group) is 1. The van der Waals surface area contributed by atoms with E-state index in [1.807, 2.05) is 36.5 Å². The number of hydrogen-bond acceptors (Lipinski definition) is 4. The smallest absolute Gasteiger partial charge is 0.125 e. The van der Waals surface area contributed by atoms with Crippen molar-refractivity contribution < 1.29 is 0 Å². The van der Waals surface area contributed by atoms with Gasteiger partial charge >= 0.3 is 0 Å². The van der Waals surface area contributed by atoms with Crippen LogP contribution in [0.25, 0.3) is 11.1 Å². The zero-order valence-corrected chi connectivity index (χ0v) is 11.4. The molecule has 1 aromatic heterocycles. The Morgan fingerprint density at radius 1 is 1.16 bits per heavy atom. The minimum absolute atomic E-state index is 0.769. The van der Waals surface area contributed by atoms with Gasteiger partial charge in [0, 0.05) is 30.5 Å². The summed E-state index contributed by atoms with van der Waals surface area (Å²) in [4.78, 5) is 6.54. The van der Waals surface area contributed by atoms with Crippen LogP contribution in [0.1, 0.15) is 0 Å². The predicted octanol–water partition coefficient (Wildman–Crippen LogP) is 2.30. The summed E-state index contributed by atoms with van der Waals surface area (Å²) in [7, 11) is 4.11. The van der Waals surface area contributed by atoms with Gasteiger partial charge in [-0.15, -0.1) is 0 Å². The number of rotatable bonds is 5. The van der Waals surface area contributed by atoms with Gasteiger partial charge in [-0.1, -0.05) is 12.1 Å². The monoisotopic (exact) mass is 256 g/mol. The molecule has 0 radical (unpaired) electrons. The molecule has 2 aromatic rings. The summed E-state index contributed by atoms with van der Waals surface area (Å²) in [5.41, 5.74) is 8.72. The van der Waals surface area contributed by atoms with Gasteiger partial charge in [-0.2, -0.15) is 0 Å². The molecule has 4 nitrogen and oxygen atoms in total. The van der Waals surface area contributed by atoms with Gasteiger partial charge < -0.3 is 16.0 Å². The van der Waals surface area contributed by atoms with Crippen LogP contribution >= 0.6 is 0 Å². The van der Waals surface area contributed by atoms with E-state index in [-0.39, 0.29) is 0 Å². The van der Waals surface area contributed by atoms with Crippen LogP contribution in [0.3, 0.4) is 0 Å². The zero-order chi connectivity index (χ0) is 13.7. The molecule has 3 N–H and O–H groups in total. The first kappa shape index (κ1) is 13.4. The molecule has 19 heavy (non-hydrogen) atoms. The van der Waals surface area contributed by atoms with E-state index in [0.29, 0.717) is 0 Å². The maximum absolute atomic E-state index is 5.78. The number of anilines is 2. The molecule has 0 aliphatic carbocycles. The highest BCUT2D eigenvalue weighted by Gasteiger charge is 1.99. The molecule has 1 heterocycles. The number of hydrogen-bond donors (Lipinski definition) is 2. The molecular formula is C15H20N4. The molecule has 0 atom stereocenters. The normalized spacial score (nSPS) is 10.7. The number of pyridine rings is 1. The van der Waals surface area contributed by atoms with Crippen LogP contribution in [0.5, 0.6) is 0 Å². The fraction of sp³-hybridized carbons (Fsp3) is 0.267. The van der Waals surface area contributed by atoms with E-state index >= 15 is 0 Å². The summed E-state index contributed by atoms with van der Waals surface area (Å²) in [5, 5.41) is 3.29. The molecule has 0 fully saturated rings. The molecular weight excluding hydrogens is 236 g/mol. The Bertz CT molecular complexity index is 520. The van der Waals surface area contributed by atoms with Gasteiger partial charge in [0.2, 0.25) is 0 Å². The molecule has 2 rings (SSSR count). The van der Waals surface area contributed by atoms with Crippen molar-refractivity contribution in [1.29, 1.82) is 0 Å². The fourth-order valence-electron chi connectivity index (χ4n) is 1.80. The lowest BCUT2D eigenvalue weighted by Crippen LogP contribution is -2.21. The maximum atomic E-state index is 5.78. The Morgan fingerprint density at radius 3 is 2.63 bits per heavy atom. The summed E-state index contributed by atoms with van der Waals surface area (Å²) >= 11 is 0. The van der Waals surface area contributed by atoms with Gasteiger partial charge in [-0.3, -0.25) is 0 Å². The Morgan fingerprint density at radius 2 is 2.00 bits per heavy atom. The number of aromatic nitrogens is 1. The van der Waals surface area contributed by atoms with Crippen molar-refractivity contribution in [3.05, 3.63) is 42.6 Å². The zero-order valence-electron chi connectivity index (χ0n) is 11.4. The number of benzene rings is 1. The second-order valence-corrected chi connectivity index (χ2v) is 4.79. The Labute approximate surface area is 114 Å². The van der Waals surface area contributed by atoms with E-state index in [1.165, 1.54) is 0 Å². The molecule has 0 saturated carbocycles. The van der Waals surface area contributed by atoms with Crippen molar-refractivity contribution >= 4 is 11.5 Å². The number of nitrogens with one attached hydrogen (secondary N) is 1. The summed E-state index contributed by atoms with van der Waals surface area (Å²) in [6.07, 6.45) is 1.87. The average Bonchev–Trinajstić information content (AvgIpc) is 2.39. The van der Waals surface area contributed by atoms with E-state index in [1.54, 1.807) is 0 Å². The Hall–Kier alpha value is -2.07.